The molecule has 1 N–H and O–H groups in total. The van der Waals surface area contributed by atoms with Gasteiger partial charge < -0.3 is 14.6 Å². The van der Waals surface area contributed by atoms with Gasteiger partial charge in [0.1, 0.15) is 4.90 Å². The van der Waals surface area contributed by atoms with Gasteiger partial charge in [-0.15, -0.1) is 10.2 Å². The van der Waals surface area contributed by atoms with E-state index in [1.165, 1.54) is 14.2 Å². The van der Waals surface area contributed by atoms with Crippen LogP contribution in [0.2, 0.25) is 0 Å². The average molecular weight is 322 g/mol. The molecule has 0 radical (unpaired) electrons. The van der Waals surface area contributed by atoms with Crippen molar-refractivity contribution in [1.82, 2.24) is 10.2 Å². The van der Waals surface area contributed by atoms with E-state index in [-0.39, 0.29) is 16.7 Å². The first-order valence-corrected chi connectivity index (χ1v) is 7.79. The Labute approximate surface area is 131 Å². The molecule has 0 saturated heterocycles. The summed E-state index contributed by atoms with van der Waals surface area (Å²) in [6.07, 6.45) is -0.927. The van der Waals surface area contributed by atoms with Gasteiger partial charge in [-0.3, -0.25) is 0 Å². The summed E-state index contributed by atoms with van der Waals surface area (Å²) in [7, 11) is 1.25. The molecule has 0 saturated carbocycles. The van der Waals surface area contributed by atoms with E-state index in [1.54, 1.807) is 19.1 Å². The van der Waals surface area contributed by atoms with Gasteiger partial charge in [-0.05, 0) is 26.0 Å². The molecular formula is C15H18N2O4S. The molecule has 2 rings (SSSR count). The Balaban J connectivity index is 2.65. The molecule has 0 bridgehead atoms. The first kappa shape index (κ1) is 16.4. The van der Waals surface area contributed by atoms with Gasteiger partial charge in [-0.1, -0.05) is 17.7 Å². The van der Waals surface area contributed by atoms with Crippen molar-refractivity contribution >= 4 is 10.8 Å². The van der Waals surface area contributed by atoms with Crippen molar-refractivity contribution in [3.05, 3.63) is 35.4 Å². The molecule has 0 aliphatic heterocycles. The Morgan fingerprint density at radius 3 is 2.14 bits per heavy atom. The van der Waals surface area contributed by atoms with Gasteiger partial charge in [0.25, 0.3) is 5.88 Å². The lowest BCUT2D eigenvalue weighted by molar-refractivity contribution is 0.187. The number of methoxy groups -OCH3 is 2. The van der Waals surface area contributed by atoms with Crippen LogP contribution in [0, 0.1) is 6.92 Å². The lowest BCUT2D eigenvalue weighted by atomic mass is 10.2. The van der Waals surface area contributed by atoms with Crippen LogP contribution in [0.4, 0.5) is 0 Å². The Morgan fingerprint density at radius 2 is 1.64 bits per heavy atom. The third-order valence-electron chi connectivity index (χ3n) is 3.13. The molecule has 2 atom stereocenters. The summed E-state index contributed by atoms with van der Waals surface area (Å²) in [5.41, 5.74) is 1.38. The Kier molecular flexibility index (Phi) is 5.10. The molecule has 0 spiro atoms. The normalized spacial score (nSPS) is 13.5. The second kappa shape index (κ2) is 6.85. The number of hydrogen-bond acceptors (Lipinski definition) is 6. The SMILES string of the molecule is COc1nnc(OC)c([S@@](=O)c2ccc(C)cc2)c1[C@@H](C)O. The van der Waals surface area contributed by atoms with Crippen LogP contribution in [-0.2, 0) is 10.8 Å². The summed E-state index contributed by atoms with van der Waals surface area (Å²) >= 11 is 0. The van der Waals surface area contributed by atoms with Crippen LogP contribution in [0.5, 0.6) is 11.8 Å². The van der Waals surface area contributed by atoms with Crippen LogP contribution in [0.25, 0.3) is 0 Å². The third kappa shape index (κ3) is 3.10. The molecule has 6 nitrogen and oxygen atoms in total. The molecule has 1 aromatic heterocycles. The molecule has 118 valence electrons. The van der Waals surface area contributed by atoms with Crippen molar-refractivity contribution in [2.24, 2.45) is 0 Å². The predicted molar refractivity (Wildman–Crippen MR) is 81.6 cm³/mol. The van der Waals surface area contributed by atoms with Crippen molar-refractivity contribution in [2.45, 2.75) is 29.7 Å². The van der Waals surface area contributed by atoms with Crippen LogP contribution in [0.3, 0.4) is 0 Å². The molecular weight excluding hydrogens is 304 g/mol. The van der Waals surface area contributed by atoms with Gasteiger partial charge in [0.15, 0.2) is 0 Å². The highest BCUT2D eigenvalue weighted by Crippen LogP contribution is 2.35. The largest absolute Gasteiger partial charge is 0.480 e. The summed E-state index contributed by atoms with van der Waals surface area (Å²) in [5, 5.41) is 17.8. The second-order valence-electron chi connectivity index (χ2n) is 4.72. The van der Waals surface area contributed by atoms with Crippen LogP contribution < -0.4 is 9.47 Å². The minimum atomic E-state index is -1.58. The van der Waals surface area contributed by atoms with E-state index in [0.29, 0.717) is 10.5 Å². The minimum absolute atomic E-state index is 0.107. The van der Waals surface area contributed by atoms with E-state index in [2.05, 4.69) is 10.2 Å². The fourth-order valence-electron chi connectivity index (χ4n) is 2.01. The number of ether oxygens (including phenoxy) is 2. The highest BCUT2D eigenvalue weighted by molar-refractivity contribution is 7.85. The zero-order valence-electron chi connectivity index (χ0n) is 12.9. The maximum absolute atomic E-state index is 12.9. The monoisotopic (exact) mass is 322 g/mol. The highest BCUT2D eigenvalue weighted by Gasteiger charge is 2.26. The maximum atomic E-state index is 12.9. The first-order valence-electron chi connectivity index (χ1n) is 6.64. The number of nitrogens with zero attached hydrogens (tertiary/aromatic N) is 2. The van der Waals surface area contributed by atoms with Crippen LogP contribution in [-0.4, -0.2) is 33.7 Å². The summed E-state index contributed by atoms with van der Waals surface area (Å²) < 4.78 is 23.2. The van der Waals surface area contributed by atoms with Crippen LogP contribution >= 0.6 is 0 Å². The van der Waals surface area contributed by atoms with Crippen LogP contribution in [0.15, 0.2) is 34.1 Å². The molecule has 1 heterocycles. The van der Waals surface area contributed by atoms with Crippen molar-refractivity contribution in [3.63, 3.8) is 0 Å². The molecule has 2 aromatic rings. The zero-order valence-corrected chi connectivity index (χ0v) is 13.7. The van der Waals surface area contributed by atoms with Crippen molar-refractivity contribution in [2.75, 3.05) is 14.2 Å². The summed E-state index contributed by atoms with van der Waals surface area (Å²) in [4.78, 5) is 0.856. The van der Waals surface area contributed by atoms with E-state index in [0.717, 1.165) is 5.56 Å². The minimum Gasteiger partial charge on any atom is -0.480 e. The maximum Gasteiger partial charge on any atom is 0.250 e. The molecule has 0 fully saturated rings. The molecule has 0 aliphatic carbocycles. The van der Waals surface area contributed by atoms with E-state index in [1.807, 2.05) is 19.1 Å². The van der Waals surface area contributed by atoms with Gasteiger partial charge in [0, 0.05) is 4.90 Å². The van der Waals surface area contributed by atoms with Gasteiger partial charge in [0.05, 0.1) is 36.7 Å². The molecule has 0 unspecified atom stereocenters. The van der Waals surface area contributed by atoms with E-state index >= 15 is 0 Å². The molecule has 1 aromatic carbocycles. The first-order chi connectivity index (χ1) is 10.5. The number of aryl methyl sites for hydroxylation is 1. The molecule has 0 amide bonds. The van der Waals surface area contributed by atoms with E-state index < -0.39 is 16.9 Å². The van der Waals surface area contributed by atoms with E-state index in [9.17, 15) is 9.32 Å². The highest BCUT2D eigenvalue weighted by atomic mass is 32.2. The number of rotatable bonds is 5. The molecule has 22 heavy (non-hydrogen) atoms. The lowest BCUT2D eigenvalue weighted by Crippen LogP contribution is -2.10. The summed E-state index contributed by atoms with van der Waals surface area (Å²) in [6.45, 7) is 3.50. The second-order valence-corrected chi connectivity index (χ2v) is 6.14. The topological polar surface area (TPSA) is 81.5 Å². The van der Waals surface area contributed by atoms with Gasteiger partial charge >= 0.3 is 0 Å². The van der Waals surface area contributed by atoms with Gasteiger partial charge in [-0.25, -0.2) is 4.21 Å². The number of aliphatic hydroxyl groups excluding tert-OH is 1. The van der Waals surface area contributed by atoms with Gasteiger partial charge in [0.2, 0.25) is 5.88 Å². The average Bonchev–Trinajstić information content (AvgIpc) is 2.53. The fraction of sp³-hybridized carbons (Fsp3) is 0.333. The number of aromatic nitrogens is 2. The van der Waals surface area contributed by atoms with Crippen molar-refractivity contribution in [3.8, 4) is 11.8 Å². The third-order valence-corrected chi connectivity index (χ3v) is 4.59. The van der Waals surface area contributed by atoms with Crippen molar-refractivity contribution in [1.29, 1.82) is 0 Å². The summed E-state index contributed by atoms with van der Waals surface area (Å²) in [6, 6.07) is 7.27. The predicted octanol–water partition coefficient (Wildman–Crippen LogP) is 2.02. The van der Waals surface area contributed by atoms with Crippen LogP contribution in [0.1, 0.15) is 24.2 Å². The number of benzene rings is 1. The Hall–Kier alpha value is -1.99. The smallest absolute Gasteiger partial charge is 0.250 e. The lowest BCUT2D eigenvalue weighted by Gasteiger charge is -2.16. The Morgan fingerprint density at radius 1 is 1.09 bits per heavy atom. The van der Waals surface area contributed by atoms with Crippen molar-refractivity contribution < 1.29 is 18.8 Å². The summed E-state index contributed by atoms with van der Waals surface area (Å²) in [5.74, 6) is 0.238. The van der Waals surface area contributed by atoms with Gasteiger partial charge in [-0.2, -0.15) is 0 Å². The number of hydrogen-bond donors (Lipinski definition) is 1. The van der Waals surface area contributed by atoms with E-state index in [4.69, 9.17) is 9.47 Å². The molecule has 0 aliphatic rings. The fourth-order valence-corrected chi connectivity index (χ4v) is 3.37. The zero-order chi connectivity index (χ0) is 16.3. The molecule has 7 heteroatoms. The quantitative estimate of drug-likeness (QED) is 0.907. The standard InChI is InChI=1S/C15H18N2O4S/c1-9-5-7-11(8-6-9)22(19)13-12(10(2)18)14(20-3)16-17-15(13)21-4/h5-8,10,18H,1-4H3/t10-,22+/m1/s1. The number of aliphatic hydroxyl groups is 1. The Bertz CT molecular complexity index is 687.